The fourth-order valence-corrected chi connectivity index (χ4v) is 5.59. The molecule has 3 aliphatic carbocycles. The van der Waals surface area contributed by atoms with E-state index in [1.54, 1.807) is 5.56 Å². The minimum Gasteiger partial charge on any atom is -0.494 e. The van der Waals surface area contributed by atoms with Crippen LogP contribution in [0.25, 0.3) is 0 Å². The van der Waals surface area contributed by atoms with E-state index in [4.69, 9.17) is 4.74 Å². The monoisotopic (exact) mass is 298 g/mol. The van der Waals surface area contributed by atoms with Crippen LogP contribution >= 0.6 is 0 Å². The van der Waals surface area contributed by atoms with Crippen LogP contribution in [0.2, 0.25) is 0 Å². The van der Waals surface area contributed by atoms with Crippen LogP contribution in [0.15, 0.2) is 18.2 Å². The summed E-state index contributed by atoms with van der Waals surface area (Å²) in [5, 5.41) is 0. The van der Waals surface area contributed by atoms with Gasteiger partial charge < -0.3 is 4.74 Å². The van der Waals surface area contributed by atoms with Crippen molar-refractivity contribution >= 4 is 5.78 Å². The molecule has 118 valence electrons. The van der Waals surface area contributed by atoms with Crippen molar-refractivity contribution in [3.05, 3.63) is 29.3 Å². The van der Waals surface area contributed by atoms with Gasteiger partial charge in [-0.1, -0.05) is 13.0 Å². The molecule has 0 aliphatic heterocycles. The van der Waals surface area contributed by atoms with E-state index in [1.807, 2.05) is 6.92 Å². The number of hydrogen-bond acceptors (Lipinski definition) is 2. The molecule has 2 saturated carbocycles. The van der Waals surface area contributed by atoms with Gasteiger partial charge in [0.25, 0.3) is 0 Å². The van der Waals surface area contributed by atoms with Crippen LogP contribution in [0.4, 0.5) is 0 Å². The fourth-order valence-electron chi connectivity index (χ4n) is 5.59. The lowest BCUT2D eigenvalue weighted by atomic mass is 9.55. The number of fused-ring (bicyclic) bond motifs is 5. The Morgan fingerprint density at radius 2 is 2.09 bits per heavy atom. The Morgan fingerprint density at radius 3 is 2.91 bits per heavy atom. The van der Waals surface area contributed by atoms with Gasteiger partial charge in [0.05, 0.1) is 6.61 Å². The van der Waals surface area contributed by atoms with E-state index >= 15 is 0 Å². The van der Waals surface area contributed by atoms with Gasteiger partial charge >= 0.3 is 0 Å². The van der Waals surface area contributed by atoms with Gasteiger partial charge in [0.15, 0.2) is 0 Å². The minimum absolute atomic E-state index is 0.00999. The number of carbonyl (C=O) groups excluding carboxylic acids is 1. The highest BCUT2D eigenvalue weighted by molar-refractivity contribution is 5.87. The molecule has 0 radical (unpaired) electrons. The molecule has 4 rings (SSSR count). The highest BCUT2D eigenvalue weighted by Crippen LogP contribution is 2.59. The normalized spacial score (nSPS) is 36.5. The first-order valence-corrected chi connectivity index (χ1v) is 8.92. The Labute approximate surface area is 133 Å². The first-order chi connectivity index (χ1) is 10.6. The molecule has 2 heteroatoms. The molecule has 3 unspecified atom stereocenters. The first kappa shape index (κ1) is 14.3. The summed E-state index contributed by atoms with van der Waals surface area (Å²) in [6.45, 7) is 5.01. The second kappa shape index (κ2) is 5.11. The van der Waals surface area contributed by atoms with Crippen LogP contribution < -0.4 is 4.74 Å². The number of Topliss-reactive ketones (excluding diaryl/α,β-unsaturated/α-hetero) is 1. The zero-order valence-corrected chi connectivity index (χ0v) is 13.7. The second-order valence-corrected chi connectivity index (χ2v) is 7.63. The summed E-state index contributed by atoms with van der Waals surface area (Å²) in [4.78, 5) is 12.4. The molecular weight excluding hydrogens is 272 g/mol. The molecule has 2 nitrogen and oxygen atoms in total. The molecule has 0 amide bonds. The fraction of sp³-hybridized carbons (Fsp3) is 0.650. The van der Waals surface area contributed by atoms with E-state index in [-0.39, 0.29) is 5.41 Å². The Bertz CT molecular complexity index is 606. The van der Waals surface area contributed by atoms with Gasteiger partial charge in [0.1, 0.15) is 11.5 Å². The van der Waals surface area contributed by atoms with Gasteiger partial charge in [-0.25, -0.2) is 0 Å². The zero-order valence-electron chi connectivity index (χ0n) is 13.7. The Kier molecular flexibility index (Phi) is 3.32. The summed E-state index contributed by atoms with van der Waals surface area (Å²) < 4.78 is 5.66. The van der Waals surface area contributed by atoms with Crippen LogP contribution in [-0.4, -0.2) is 12.4 Å². The van der Waals surface area contributed by atoms with E-state index in [2.05, 4.69) is 25.1 Å². The van der Waals surface area contributed by atoms with E-state index in [1.165, 1.54) is 18.4 Å². The van der Waals surface area contributed by atoms with Gasteiger partial charge in [0.2, 0.25) is 0 Å². The Hall–Kier alpha value is -1.31. The van der Waals surface area contributed by atoms with Crippen molar-refractivity contribution in [1.82, 2.24) is 0 Å². The molecule has 2 fully saturated rings. The first-order valence-electron chi connectivity index (χ1n) is 8.92. The van der Waals surface area contributed by atoms with E-state index in [0.29, 0.717) is 17.6 Å². The number of rotatable bonds is 2. The molecule has 4 atom stereocenters. The van der Waals surface area contributed by atoms with Gasteiger partial charge in [0, 0.05) is 11.8 Å². The van der Waals surface area contributed by atoms with Crippen molar-refractivity contribution in [3.8, 4) is 5.75 Å². The number of hydrogen-bond donors (Lipinski definition) is 0. The third kappa shape index (κ3) is 1.96. The van der Waals surface area contributed by atoms with Gasteiger partial charge in [-0.3, -0.25) is 4.79 Å². The number of carbonyl (C=O) groups is 1. The standard InChI is InChI=1S/C20H26O2/c1-3-22-14-5-7-15-13(12-14)4-6-17-16(15)10-11-20(2)18(17)8-9-19(20)21/h5,7,12,16-18H,3-4,6,8-11H2,1-2H3/t16?,17?,18?,20-/m1/s1. The Morgan fingerprint density at radius 1 is 1.23 bits per heavy atom. The average molecular weight is 298 g/mol. The number of ketones is 1. The highest BCUT2D eigenvalue weighted by Gasteiger charge is 2.54. The van der Waals surface area contributed by atoms with E-state index in [9.17, 15) is 4.79 Å². The third-order valence-electron chi connectivity index (χ3n) is 6.72. The molecule has 0 aromatic heterocycles. The van der Waals surface area contributed by atoms with Gasteiger partial charge in [-0.2, -0.15) is 0 Å². The van der Waals surface area contributed by atoms with E-state index in [0.717, 1.165) is 44.0 Å². The minimum atomic E-state index is -0.00999. The lowest BCUT2D eigenvalue weighted by molar-refractivity contribution is -0.129. The van der Waals surface area contributed by atoms with Crippen molar-refractivity contribution in [2.45, 2.75) is 58.3 Å². The zero-order chi connectivity index (χ0) is 15.3. The van der Waals surface area contributed by atoms with Gasteiger partial charge in [-0.05, 0) is 80.0 Å². The maximum absolute atomic E-state index is 12.4. The van der Waals surface area contributed by atoms with Crippen LogP contribution in [-0.2, 0) is 11.2 Å². The summed E-state index contributed by atoms with van der Waals surface area (Å²) in [6.07, 6.45) is 6.62. The highest BCUT2D eigenvalue weighted by atomic mass is 16.5. The molecule has 0 heterocycles. The molecule has 1 aromatic carbocycles. The number of aryl methyl sites for hydroxylation is 1. The van der Waals surface area contributed by atoms with Crippen molar-refractivity contribution in [2.24, 2.45) is 17.3 Å². The van der Waals surface area contributed by atoms with Crippen LogP contribution in [0, 0.1) is 17.3 Å². The summed E-state index contributed by atoms with van der Waals surface area (Å²) in [5.74, 6) is 3.56. The molecular formula is C20H26O2. The summed E-state index contributed by atoms with van der Waals surface area (Å²) in [6, 6.07) is 6.69. The van der Waals surface area contributed by atoms with Crippen LogP contribution in [0.3, 0.4) is 0 Å². The average Bonchev–Trinajstić information content (AvgIpc) is 2.83. The summed E-state index contributed by atoms with van der Waals surface area (Å²) in [5.41, 5.74) is 3.02. The molecule has 0 spiro atoms. The summed E-state index contributed by atoms with van der Waals surface area (Å²) in [7, 11) is 0. The SMILES string of the molecule is CCOc1ccc2c(c1)CCC1C2CC[C@@]2(C)C(=O)CCC12. The summed E-state index contributed by atoms with van der Waals surface area (Å²) >= 11 is 0. The van der Waals surface area contributed by atoms with E-state index < -0.39 is 0 Å². The van der Waals surface area contributed by atoms with Crippen LogP contribution in [0.5, 0.6) is 5.75 Å². The molecule has 0 saturated heterocycles. The number of ether oxygens (including phenoxy) is 1. The lowest BCUT2D eigenvalue weighted by Gasteiger charge is -2.48. The van der Waals surface area contributed by atoms with Crippen LogP contribution in [0.1, 0.15) is 63.0 Å². The van der Waals surface area contributed by atoms with Crippen molar-refractivity contribution < 1.29 is 9.53 Å². The molecule has 0 bridgehead atoms. The van der Waals surface area contributed by atoms with Crippen molar-refractivity contribution in [2.75, 3.05) is 6.61 Å². The third-order valence-corrected chi connectivity index (χ3v) is 6.72. The molecule has 3 aliphatic rings. The lowest BCUT2D eigenvalue weighted by Crippen LogP contribution is -2.42. The Balaban J connectivity index is 1.66. The predicted octanol–water partition coefficient (Wildman–Crippen LogP) is 4.51. The molecule has 1 aromatic rings. The maximum atomic E-state index is 12.4. The second-order valence-electron chi connectivity index (χ2n) is 7.63. The smallest absolute Gasteiger partial charge is 0.139 e. The predicted molar refractivity (Wildman–Crippen MR) is 87.2 cm³/mol. The maximum Gasteiger partial charge on any atom is 0.139 e. The quantitative estimate of drug-likeness (QED) is 0.803. The van der Waals surface area contributed by atoms with Crippen molar-refractivity contribution in [1.29, 1.82) is 0 Å². The van der Waals surface area contributed by atoms with Gasteiger partial charge in [-0.15, -0.1) is 0 Å². The largest absolute Gasteiger partial charge is 0.494 e. The topological polar surface area (TPSA) is 26.3 Å². The molecule has 0 N–H and O–H groups in total. The van der Waals surface area contributed by atoms with Crippen molar-refractivity contribution in [3.63, 3.8) is 0 Å². The molecule has 22 heavy (non-hydrogen) atoms. The number of benzene rings is 1.